The maximum atomic E-state index is 15.0. The highest BCUT2D eigenvalue weighted by Gasteiger charge is 2.52. The van der Waals surface area contributed by atoms with Crippen LogP contribution in [0.3, 0.4) is 0 Å². The highest BCUT2D eigenvalue weighted by Crippen LogP contribution is 2.29. The predicted molar refractivity (Wildman–Crippen MR) is 486 cm³/mol. The van der Waals surface area contributed by atoms with Crippen molar-refractivity contribution in [2.45, 2.75) is 315 Å². The molecule has 0 aliphatic carbocycles. The molecular formula is C84H134N22O38. The maximum Gasteiger partial charge on any atom is 0.265 e. The molecule has 7 rings (SSSR count). The number of aliphatic hydroxyl groups excluding tert-OH is 12. The first-order valence-corrected chi connectivity index (χ1v) is 46.9. The standard InChI is InChI=1S/C84H134N22O38/c1-39-73(129)103-47(19-9-13-25-87-57(117)33-93-143-83-63(99-43(5)113)71(127)67(123)53(37-109)139-83)79(135)105-27-15-21-49(105)77(133)90-30-60(120)102-46(18-8-12-24-86-56(116)32-92-142-82-62(98-42(4)112)70(126)66(122)52(36-108)138-82)76(132)96-40(2)74(130)104-48(20-10-14-26-88-58(118)34-94-144-84-64(100-44(6)114)72(128)68(124)54(38-110)140-84)80(136)106-28-16-22-50(106)78(134)89-29-59(119)101-45(75(131)95-39)17-7-11-23-85-55(115)31-91-141-81-61(97-41(3)111)69(125)65(121)51(35-107)137-81/h31-34,39-40,45-54,61-72,81-84,107-110,121-128H,7-30,35-38H2,1-6H3,(H,85,115)(H,86,116)(H,87,117)(H,88,118)(H,89,134)(H,90,133)(H,95,131)(H,96,132)(H,97,111)(H,98,112)(H,99,113)(H,100,114)(H,101,119)(H,102,120)(H,103,129)(H,104,130)/b91-31+,92-32+,93-33+,94-34+/t39-,40-,45-,46-,47-,48-,49-,50-,51+,52+,53+,54+,61+,62+,63+,64+,65-,66-,67-,68-,69+,70+,71+,72+,81-,82-,83-,84-/m0/s1. The molecule has 60 nitrogen and oxygen atoms in total. The van der Waals surface area contributed by atoms with Crippen LogP contribution in [0.25, 0.3) is 0 Å². The molecule has 0 aromatic rings. The molecule has 18 amide bonds. The molecule has 144 heavy (non-hydrogen) atoms. The fourth-order valence-corrected chi connectivity index (χ4v) is 16.2. The fraction of sp³-hybridized carbons (Fsp3) is 0.738. The Hall–Kier alpha value is -12.3. The van der Waals surface area contributed by atoms with E-state index < -0.39 is 317 Å². The number of aliphatic hydroxyl groups is 12. The number of ether oxygens (including phenoxy) is 4. The number of nitrogens with zero attached hydrogens (tertiary/aromatic N) is 6. The fourth-order valence-electron chi connectivity index (χ4n) is 16.2. The van der Waals surface area contributed by atoms with Crippen LogP contribution in [0.1, 0.15) is 144 Å². The minimum atomic E-state index is -1.71. The highest BCUT2D eigenvalue weighted by atomic mass is 16.8. The Morgan fingerprint density at radius 3 is 0.840 bits per heavy atom. The minimum Gasteiger partial charge on any atom is -0.394 e. The number of hydrogen-bond donors (Lipinski definition) is 28. The molecule has 28 N–H and O–H groups in total. The minimum absolute atomic E-state index is 0.0000974. The molecule has 0 unspecified atom stereocenters. The Balaban J connectivity index is 1.13. The van der Waals surface area contributed by atoms with Crippen molar-refractivity contribution in [3.63, 3.8) is 0 Å². The van der Waals surface area contributed by atoms with Gasteiger partial charge in [0.2, 0.25) is 108 Å². The molecule has 808 valence electrons. The van der Waals surface area contributed by atoms with Gasteiger partial charge in [0.25, 0.3) is 23.6 Å². The number of carbonyl (C=O) groups is 18. The number of hydrogen-bond acceptors (Lipinski definition) is 42. The zero-order valence-electron chi connectivity index (χ0n) is 79.9. The van der Waals surface area contributed by atoms with Crippen molar-refractivity contribution < 1.29 is 186 Å². The molecule has 0 saturated carbocycles. The van der Waals surface area contributed by atoms with E-state index in [1.165, 1.54) is 13.8 Å². The summed E-state index contributed by atoms with van der Waals surface area (Å²) in [5.74, 6) is -15.8. The van der Waals surface area contributed by atoms with E-state index in [9.17, 15) is 138 Å². The lowest BCUT2D eigenvalue weighted by Gasteiger charge is -2.40. The molecule has 0 aromatic heterocycles. The van der Waals surface area contributed by atoms with Crippen LogP contribution in [-0.4, -0.2) is 452 Å². The summed E-state index contributed by atoms with van der Waals surface area (Å²) in [6.45, 7) is 1.13. The Labute approximate surface area is 823 Å². The van der Waals surface area contributed by atoms with Crippen LogP contribution in [0, 0.1) is 0 Å². The van der Waals surface area contributed by atoms with Gasteiger partial charge in [0.05, 0.1) is 39.5 Å². The van der Waals surface area contributed by atoms with E-state index in [4.69, 9.17) is 38.3 Å². The van der Waals surface area contributed by atoms with Gasteiger partial charge in [-0.25, -0.2) is 0 Å². The lowest BCUT2D eigenvalue weighted by molar-refractivity contribution is -0.270. The lowest BCUT2D eigenvalue weighted by Crippen LogP contribution is -2.64. The van der Waals surface area contributed by atoms with Crippen molar-refractivity contribution in [1.29, 1.82) is 0 Å². The third-order valence-corrected chi connectivity index (χ3v) is 23.8. The van der Waals surface area contributed by atoms with Crippen molar-refractivity contribution in [2.75, 3.05) is 78.8 Å². The number of nitrogens with one attached hydrogen (secondary N) is 16. The molecule has 7 aliphatic rings. The molecule has 28 atom stereocenters. The van der Waals surface area contributed by atoms with Crippen LogP contribution in [0.15, 0.2) is 20.6 Å². The second-order valence-corrected chi connectivity index (χ2v) is 34.9. The van der Waals surface area contributed by atoms with Gasteiger partial charge in [0.15, 0.2) is 0 Å². The van der Waals surface area contributed by atoms with E-state index in [2.05, 4.69) is 106 Å². The predicted octanol–water partition coefficient (Wildman–Crippen LogP) is -15.9. The van der Waals surface area contributed by atoms with E-state index >= 15 is 9.59 Å². The third-order valence-electron chi connectivity index (χ3n) is 23.8. The monoisotopic (exact) mass is 2060 g/mol. The van der Waals surface area contributed by atoms with Crippen molar-refractivity contribution in [2.24, 2.45) is 20.6 Å². The molecule has 0 aromatic carbocycles. The normalized spacial score (nSPS) is 31.7. The van der Waals surface area contributed by atoms with Gasteiger partial charge in [-0.15, -0.1) is 0 Å². The van der Waals surface area contributed by atoms with E-state index in [1.54, 1.807) is 0 Å². The van der Waals surface area contributed by atoms with E-state index in [0.717, 1.165) is 37.5 Å². The summed E-state index contributed by atoms with van der Waals surface area (Å²) in [6.07, 6.45) is -23.3. The molecule has 60 heteroatoms. The average molecular weight is 2060 g/mol. The Morgan fingerprint density at radius 1 is 0.347 bits per heavy atom. The molecule has 7 heterocycles. The lowest BCUT2D eigenvalue weighted by atomic mass is 9.97. The van der Waals surface area contributed by atoms with Gasteiger partial charge in [-0.3, -0.25) is 86.3 Å². The van der Waals surface area contributed by atoms with Crippen LogP contribution >= 0.6 is 0 Å². The quantitative estimate of drug-likeness (QED) is 0.0154. The van der Waals surface area contributed by atoms with Crippen LogP contribution < -0.4 is 85.1 Å². The van der Waals surface area contributed by atoms with Gasteiger partial charge in [-0.2, -0.15) is 0 Å². The Kier molecular flexibility index (Phi) is 49.3. The van der Waals surface area contributed by atoms with Gasteiger partial charge in [-0.1, -0.05) is 20.6 Å². The third kappa shape index (κ3) is 36.8. The summed E-state index contributed by atoms with van der Waals surface area (Å²) >= 11 is 0. The average Bonchev–Trinajstić information content (AvgIpc) is 1.51. The summed E-state index contributed by atoms with van der Waals surface area (Å²) in [4.78, 5) is 268. The summed E-state index contributed by atoms with van der Waals surface area (Å²) in [7, 11) is 0. The Morgan fingerprint density at radius 2 is 0.597 bits per heavy atom. The maximum absolute atomic E-state index is 15.0. The van der Waals surface area contributed by atoms with E-state index in [-0.39, 0.29) is 142 Å². The topological polar surface area (TPSA) is 872 Å². The van der Waals surface area contributed by atoms with Gasteiger partial charge in [0, 0.05) is 67.0 Å². The molecule has 7 fully saturated rings. The first-order valence-electron chi connectivity index (χ1n) is 46.9. The van der Waals surface area contributed by atoms with Gasteiger partial charge in [0.1, 0.15) is 171 Å². The number of oxime groups is 4. The summed E-state index contributed by atoms with van der Waals surface area (Å²) < 4.78 is 21.8. The second kappa shape index (κ2) is 59.8. The van der Waals surface area contributed by atoms with E-state index in [1.807, 2.05) is 0 Å². The summed E-state index contributed by atoms with van der Waals surface area (Å²) in [6, 6.07) is -17.7. The van der Waals surface area contributed by atoms with Crippen molar-refractivity contribution in [3.8, 4) is 0 Å². The smallest absolute Gasteiger partial charge is 0.265 e. The molecular weight excluding hydrogens is 1930 g/mol. The number of amides is 18. The first-order chi connectivity index (χ1) is 68.5. The molecule has 0 radical (unpaired) electrons. The van der Waals surface area contributed by atoms with E-state index in [0.29, 0.717) is 24.9 Å². The van der Waals surface area contributed by atoms with Crippen LogP contribution in [0.2, 0.25) is 0 Å². The summed E-state index contributed by atoms with van der Waals surface area (Å²) in [5.41, 5.74) is 0. The molecule has 0 spiro atoms. The molecule has 7 aliphatic heterocycles. The molecule has 7 saturated heterocycles. The second-order valence-electron chi connectivity index (χ2n) is 34.9. The SMILES string of the molecule is CC(=O)N[C@H]1[C@H](O/N=C/C(=O)NCCCC[C@@H]2NC(=O)CNC(=O)[C@@H]3CCCN3C(=O)[C@H](CCCCNC(=O)/C=N/O[C@@H]3O[C@H](CO)[C@H](O)[C@H](O)[C@H]3NC(C)=O)NC(=O)[C@H](C)NC(=O)[C@H](CCCCNC(=O)/C=N/O[C@@H]3O[C@H](CO)[C@H](O)[C@H](O)[C@H]3NC(C)=O)NC(=O)CNC(=O)[C@@H]3CCCN3C(=O)[C@H](CCCCNC(=O)/C=N/O[C@@H]3O[C@H](CO)[C@H](O)[C@H](O)[C@H]3NC(C)=O)NC(=O)[C@H](C)NC2=O)O[C@H](CO)[C@H](O)[C@@H]1O. The van der Waals surface area contributed by atoms with Crippen molar-refractivity contribution in [1.82, 2.24) is 94.9 Å². The van der Waals surface area contributed by atoms with Crippen LogP contribution in [0.4, 0.5) is 0 Å². The Bertz CT molecular complexity index is 4200. The van der Waals surface area contributed by atoms with Crippen LogP contribution in [-0.2, 0) is 125 Å². The van der Waals surface area contributed by atoms with Gasteiger partial charge in [-0.05, 0) is 117 Å². The number of unbranched alkanes of at least 4 members (excludes halogenated alkanes) is 4. The number of rotatable bonds is 40. The zero-order valence-corrected chi connectivity index (χ0v) is 79.9. The first kappa shape index (κ1) is 119. The largest absolute Gasteiger partial charge is 0.394 e. The zero-order chi connectivity index (χ0) is 106. The highest BCUT2D eigenvalue weighted by molar-refractivity contribution is 6.27. The number of fused-ring (bicyclic) bond motifs is 2. The van der Waals surface area contributed by atoms with Crippen molar-refractivity contribution in [3.05, 3.63) is 0 Å². The van der Waals surface area contributed by atoms with Gasteiger partial charge < -0.3 is 194 Å². The van der Waals surface area contributed by atoms with Crippen molar-refractivity contribution >= 4 is 131 Å². The number of carbonyl (C=O) groups excluding carboxylic acids is 18. The molecule has 0 bridgehead atoms. The summed E-state index contributed by atoms with van der Waals surface area (Å²) in [5, 5.41) is 177. The van der Waals surface area contributed by atoms with Crippen LogP contribution in [0.5, 0.6) is 0 Å². The van der Waals surface area contributed by atoms with Gasteiger partial charge >= 0.3 is 0 Å².